The smallest absolute Gasteiger partial charge is 0.221 e. The number of hydroxylamine groups is 2. The number of benzene rings is 1. The number of hydrogen-bond acceptors (Lipinski definition) is 5. The van der Waals surface area contributed by atoms with Crippen LogP contribution in [0, 0.1) is 0 Å². The molecule has 0 amide bonds. The second kappa shape index (κ2) is 7.61. The van der Waals surface area contributed by atoms with Gasteiger partial charge < -0.3 is 4.74 Å². The second-order valence-corrected chi connectivity index (χ2v) is 9.16. The summed E-state index contributed by atoms with van der Waals surface area (Å²) in [7, 11) is 1.70. The fourth-order valence-corrected chi connectivity index (χ4v) is 5.88. The van der Waals surface area contributed by atoms with Crippen molar-refractivity contribution in [3.05, 3.63) is 29.8 Å². The molecule has 1 aliphatic carbocycles. The molecule has 0 spiro atoms. The van der Waals surface area contributed by atoms with E-state index in [1.54, 1.807) is 30.6 Å². The number of hydrogen-bond donors (Lipinski definition) is 0. The van der Waals surface area contributed by atoms with Gasteiger partial charge in [0.25, 0.3) is 0 Å². The molecule has 1 saturated carbocycles. The highest BCUT2D eigenvalue weighted by Crippen LogP contribution is 2.36. The summed E-state index contributed by atoms with van der Waals surface area (Å²) < 4.78 is 33.4. The van der Waals surface area contributed by atoms with Gasteiger partial charge >= 0.3 is 0 Å². The Hall–Kier alpha value is -1.15. The van der Waals surface area contributed by atoms with Crippen molar-refractivity contribution in [2.75, 3.05) is 27.8 Å². The van der Waals surface area contributed by atoms with Crippen LogP contribution < -0.4 is 4.74 Å². The van der Waals surface area contributed by atoms with Crippen molar-refractivity contribution in [3.63, 3.8) is 0 Å². The summed E-state index contributed by atoms with van der Waals surface area (Å²) in [6.45, 7) is 0.187. The van der Waals surface area contributed by atoms with Gasteiger partial charge in [-0.3, -0.25) is 4.84 Å². The van der Waals surface area contributed by atoms with Crippen LogP contribution in [0.5, 0.6) is 5.75 Å². The van der Waals surface area contributed by atoms with Gasteiger partial charge in [0.2, 0.25) is 10.0 Å². The van der Waals surface area contributed by atoms with Crippen LogP contribution in [0.2, 0.25) is 0 Å². The van der Waals surface area contributed by atoms with Gasteiger partial charge in [0.05, 0.1) is 19.8 Å². The molecule has 3 rings (SSSR count). The minimum absolute atomic E-state index is 0.112. The van der Waals surface area contributed by atoms with Gasteiger partial charge in [-0.2, -0.15) is 5.06 Å². The lowest BCUT2D eigenvalue weighted by Gasteiger charge is -2.33. The van der Waals surface area contributed by atoms with Crippen LogP contribution in [0.3, 0.4) is 0 Å². The molecule has 1 saturated heterocycles. The van der Waals surface area contributed by atoms with Crippen LogP contribution in [-0.4, -0.2) is 56.9 Å². The summed E-state index contributed by atoms with van der Waals surface area (Å²) in [6, 6.07) is 7.34. The van der Waals surface area contributed by atoms with Crippen LogP contribution in [0.25, 0.3) is 0 Å². The first-order valence-electron chi connectivity index (χ1n) is 8.91. The summed E-state index contributed by atoms with van der Waals surface area (Å²) in [5.74, 6) is 0.754. The molecule has 1 aromatic carbocycles. The third-order valence-electron chi connectivity index (χ3n) is 5.52. The van der Waals surface area contributed by atoms with E-state index in [4.69, 9.17) is 9.57 Å². The van der Waals surface area contributed by atoms with E-state index in [1.807, 2.05) is 24.3 Å². The van der Waals surface area contributed by atoms with Crippen molar-refractivity contribution in [1.82, 2.24) is 9.37 Å². The number of methoxy groups -OCH3 is 1. The standard InChI is InChI=1S/C18H28N2O4S/c1-19-18(14-9-11-16(23-3)12-10-14)17(13-24-19)25(21,22)20(2)15-7-5-4-6-8-15/h9-12,15,17-18H,4-8,13H2,1-3H3. The van der Waals surface area contributed by atoms with Gasteiger partial charge in [0.1, 0.15) is 11.0 Å². The van der Waals surface area contributed by atoms with Crippen molar-refractivity contribution in [2.24, 2.45) is 0 Å². The number of rotatable bonds is 5. The summed E-state index contributed by atoms with van der Waals surface area (Å²) in [5, 5.41) is 1.07. The van der Waals surface area contributed by atoms with Gasteiger partial charge in [0.15, 0.2) is 0 Å². The SMILES string of the molecule is COc1ccc(C2C(S(=O)(=O)N(C)C3CCCCC3)CON2C)cc1. The van der Waals surface area contributed by atoms with Crippen molar-refractivity contribution < 1.29 is 18.0 Å². The predicted octanol–water partition coefficient (Wildman–Crippen LogP) is 2.58. The topological polar surface area (TPSA) is 59.1 Å². The first-order chi connectivity index (χ1) is 11.9. The molecule has 25 heavy (non-hydrogen) atoms. The lowest BCUT2D eigenvalue weighted by Crippen LogP contribution is -2.45. The molecule has 0 bridgehead atoms. The molecular weight excluding hydrogens is 340 g/mol. The summed E-state index contributed by atoms with van der Waals surface area (Å²) in [4.78, 5) is 5.61. The first kappa shape index (κ1) is 18.6. The maximum absolute atomic E-state index is 13.3. The van der Waals surface area contributed by atoms with E-state index in [9.17, 15) is 8.42 Å². The first-order valence-corrected chi connectivity index (χ1v) is 10.4. The average molecular weight is 368 g/mol. The van der Waals surface area contributed by atoms with Gasteiger partial charge in [-0.05, 0) is 30.5 Å². The van der Waals surface area contributed by atoms with Gasteiger partial charge in [-0.15, -0.1) is 0 Å². The molecule has 2 atom stereocenters. The Morgan fingerprint density at radius 1 is 1.16 bits per heavy atom. The Balaban J connectivity index is 1.85. The second-order valence-electron chi connectivity index (χ2n) is 6.95. The Morgan fingerprint density at radius 2 is 1.80 bits per heavy atom. The normalized spacial score (nSPS) is 26.2. The minimum Gasteiger partial charge on any atom is -0.497 e. The molecule has 2 aliphatic rings. The number of ether oxygens (including phenoxy) is 1. The third kappa shape index (κ3) is 3.69. The molecule has 6 nitrogen and oxygen atoms in total. The molecular formula is C18H28N2O4S. The number of sulfonamides is 1. The molecule has 0 N–H and O–H groups in total. The largest absolute Gasteiger partial charge is 0.497 e. The van der Waals surface area contributed by atoms with E-state index < -0.39 is 15.3 Å². The Kier molecular flexibility index (Phi) is 5.68. The molecule has 2 unspecified atom stereocenters. The van der Waals surface area contributed by atoms with Crippen molar-refractivity contribution >= 4 is 10.0 Å². The Morgan fingerprint density at radius 3 is 2.40 bits per heavy atom. The molecule has 0 radical (unpaired) electrons. The quantitative estimate of drug-likeness (QED) is 0.799. The zero-order valence-electron chi connectivity index (χ0n) is 15.2. The van der Waals surface area contributed by atoms with E-state index in [1.165, 1.54) is 6.42 Å². The molecule has 2 fully saturated rings. The highest BCUT2D eigenvalue weighted by Gasteiger charge is 2.46. The molecule has 1 aromatic rings. The highest BCUT2D eigenvalue weighted by atomic mass is 32.2. The molecule has 0 aromatic heterocycles. The van der Waals surface area contributed by atoms with Gasteiger partial charge in [-0.1, -0.05) is 31.4 Å². The zero-order valence-corrected chi connectivity index (χ0v) is 16.0. The zero-order chi connectivity index (χ0) is 18.0. The summed E-state index contributed by atoms with van der Waals surface area (Å²) >= 11 is 0. The summed E-state index contributed by atoms with van der Waals surface area (Å²) in [6.07, 6.45) is 5.31. The van der Waals surface area contributed by atoms with Gasteiger partial charge in [0, 0.05) is 20.1 Å². The van der Waals surface area contributed by atoms with Crippen LogP contribution >= 0.6 is 0 Å². The van der Waals surface area contributed by atoms with E-state index in [0.29, 0.717) is 0 Å². The van der Waals surface area contributed by atoms with E-state index in [-0.39, 0.29) is 18.7 Å². The highest BCUT2D eigenvalue weighted by molar-refractivity contribution is 7.89. The van der Waals surface area contributed by atoms with E-state index in [0.717, 1.165) is 37.0 Å². The molecule has 7 heteroatoms. The Labute approximate surface area is 150 Å². The van der Waals surface area contributed by atoms with E-state index in [2.05, 4.69) is 0 Å². The third-order valence-corrected chi connectivity index (χ3v) is 7.78. The number of nitrogens with zero attached hydrogens (tertiary/aromatic N) is 2. The van der Waals surface area contributed by atoms with Gasteiger partial charge in [-0.25, -0.2) is 12.7 Å². The van der Waals surface area contributed by atoms with E-state index >= 15 is 0 Å². The summed E-state index contributed by atoms with van der Waals surface area (Å²) in [5.41, 5.74) is 0.923. The maximum atomic E-state index is 13.3. The van der Waals surface area contributed by atoms with Crippen LogP contribution in [0.1, 0.15) is 43.7 Å². The minimum atomic E-state index is -3.45. The Bertz CT molecular complexity index is 671. The fraction of sp³-hybridized carbons (Fsp3) is 0.667. The van der Waals surface area contributed by atoms with Crippen molar-refractivity contribution in [2.45, 2.75) is 49.4 Å². The van der Waals surface area contributed by atoms with Crippen LogP contribution in [0.15, 0.2) is 24.3 Å². The molecule has 140 valence electrons. The molecule has 1 heterocycles. The predicted molar refractivity (Wildman–Crippen MR) is 96.8 cm³/mol. The monoisotopic (exact) mass is 368 g/mol. The van der Waals surface area contributed by atoms with Crippen molar-refractivity contribution in [3.8, 4) is 5.75 Å². The fourth-order valence-electron chi connectivity index (χ4n) is 3.94. The lowest BCUT2D eigenvalue weighted by atomic mass is 9.96. The van der Waals surface area contributed by atoms with Crippen LogP contribution in [0.4, 0.5) is 0 Å². The lowest BCUT2D eigenvalue weighted by molar-refractivity contribution is -0.110. The van der Waals surface area contributed by atoms with Crippen molar-refractivity contribution in [1.29, 1.82) is 0 Å². The van der Waals surface area contributed by atoms with Crippen LogP contribution in [-0.2, 0) is 14.9 Å². The molecule has 1 aliphatic heterocycles. The maximum Gasteiger partial charge on any atom is 0.221 e. The average Bonchev–Trinajstić information content (AvgIpc) is 3.04.